The summed E-state index contributed by atoms with van der Waals surface area (Å²) in [6, 6.07) is 3.75. The number of aromatic amines is 1. The average Bonchev–Trinajstić information content (AvgIpc) is 3.11. The van der Waals surface area contributed by atoms with E-state index in [1.54, 1.807) is 24.8 Å². The van der Waals surface area contributed by atoms with E-state index in [4.69, 9.17) is 0 Å². The number of hydrogen-bond acceptors (Lipinski definition) is 5. The number of aromatic nitrogens is 4. The van der Waals surface area contributed by atoms with Crippen LogP contribution in [0.2, 0.25) is 0 Å². The van der Waals surface area contributed by atoms with Crippen LogP contribution >= 0.6 is 11.3 Å². The monoisotopic (exact) mass is 271 g/mol. The first kappa shape index (κ1) is 11.5. The fraction of sp³-hybridized carbons (Fsp3) is 0. The standard InChI is InChI=1S/C12H9N5OS/c18-11(9-5-15-16-6-9)17-10-7-14-12(19-10)8-1-3-13-4-2-8/h1-7H,(H,15,16)(H,17,18). The van der Waals surface area contributed by atoms with E-state index in [0.717, 1.165) is 10.6 Å². The highest BCUT2D eigenvalue weighted by Crippen LogP contribution is 2.28. The highest BCUT2D eigenvalue weighted by atomic mass is 32.1. The second-order valence-electron chi connectivity index (χ2n) is 3.71. The molecular formula is C12H9N5OS. The lowest BCUT2D eigenvalue weighted by Crippen LogP contribution is -2.09. The normalized spacial score (nSPS) is 10.3. The summed E-state index contributed by atoms with van der Waals surface area (Å²) >= 11 is 1.41. The van der Waals surface area contributed by atoms with Gasteiger partial charge in [-0.2, -0.15) is 5.10 Å². The van der Waals surface area contributed by atoms with Gasteiger partial charge in [0.2, 0.25) is 0 Å². The first-order valence-corrected chi connectivity index (χ1v) is 6.31. The van der Waals surface area contributed by atoms with Crippen LogP contribution in [0.4, 0.5) is 5.00 Å². The second-order valence-corrected chi connectivity index (χ2v) is 4.74. The predicted molar refractivity (Wildman–Crippen MR) is 71.9 cm³/mol. The van der Waals surface area contributed by atoms with Crippen LogP contribution < -0.4 is 5.32 Å². The van der Waals surface area contributed by atoms with Crippen LogP contribution in [0.3, 0.4) is 0 Å². The zero-order valence-electron chi connectivity index (χ0n) is 9.70. The molecule has 3 rings (SSSR count). The molecule has 0 aliphatic heterocycles. The fourth-order valence-corrected chi connectivity index (χ4v) is 2.34. The number of nitrogens with one attached hydrogen (secondary N) is 2. The molecule has 0 fully saturated rings. The third kappa shape index (κ3) is 2.50. The van der Waals surface area contributed by atoms with E-state index in [2.05, 4.69) is 25.5 Å². The molecule has 0 aliphatic carbocycles. The van der Waals surface area contributed by atoms with Gasteiger partial charge in [-0.3, -0.25) is 14.9 Å². The lowest BCUT2D eigenvalue weighted by molar-refractivity contribution is 0.102. The highest BCUT2D eigenvalue weighted by Gasteiger charge is 2.10. The summed E-state index contributed by atoms with van der Waals surface area (Å²) in [6.07, 6.45) is 8.07. The summed E-state index contributed by atoms with van der Waals surface area (Å²) in [6.45, 7) is 0. The van der Waals surface area contributed by atoms with E-state index in [1.165, 1.54) is 17.5 Å². The molecular weight excluding hydrogens is 262 g/mol. The molecule has 1 amide bonds. The first-order chi connectivity index (χ1) is 9.33. The molecule has 2 N–H and O–H groups in total. The van der Waals surface area contributed by atoms with Gasteiger partial charge < -0.3 is 5.32 Å². The van der Waals surface area contributed by atoms with E-state index in [0.29, 0.717) is 10.6 Å². The molecule has 3 aromatic rings. The Kier molecular flexibility index (Phi) is 3.03. The van der Waals surface area contributed by atoms with Crippen LogP contribution in [0.5, 0.6) is 0 Å². The topological polar surface area (TPSA) is 83.6 Å². The lowest BCUT2D eigenvalue weighted by Gasteiger charge is -1.97. The molecule has 3 heterocycles. The van der Waals surface area contributed by atoms with Gasteiger partial charge in [-0.1, -0.05) is 11.3 Å². The van der Waals surface area contributed by atoms with Crippen LogP contribution in [0, 0.1) is 0 Å². The smallest absolute Gasteiger partial charge is 0.259 e. The first-order valence-electron chi connectivity index (χ1n) is 5.49. The third-order valence-corrected chi connectivity index (χ3v) is 3.39. The Morgan fingerprint density at radius 3 is 2.84 bits per heavy atom. The van der Waals surface area contributed by atoms with Gasteiger partial charge in [-0.15, -0.1) is 0 Å². The highest BCUT2D eigenvalue weighted by molar-refractivity contribution is 7.19. The maximum absolute atomic E-state index is 11.8. The number of carbonyl (C=O) groups is 1. The van der Waals surface area contributed by atoms with Crippen molar-refractivity contribution in [3.63, 3.8) is 0 Å². The second kappa shape index (κ2) is 4.99. The minimum absolute atomic E-state index is 0.210. The molecule has 7 heteroatoms. The molecule has 0 saturated heterocycles. The number of carbonyl (C=O) groups excluding carboxylic acids is 1. The Labute approximate surface area is 112 Å². The molecule has 94 valence electrons. The Hall–Kier alpha value is -2.54. The van der Waals surface area contributed by atoms with E-state index in [1.807, 2.05) is 12.1 Å². The predicted octanol–water partition coefficient (Wildman–Crippen LogP) is 2.18. The summed E-state index contributed by atoms with van der Waals surface area (Å²) in [4.78, 5) is 20.0. The van der Waals surface area contributed by atoms with E-state index < -0.39 is 0 Å². The summed E-state index contributed by atoms with van der Waals surface area (Å²) < 4.78 is 0. The SMILES string of the molecule is O=C(Nc1cnc(-c2ccncc2)s1)c1cn[nH]c1. The van der Waals surface area contributed by atoms with Crippen molar-refractivity contribution in [2.24, 2.45) is 0 Å². The van der Waals surface area contributed by atoms with Crippen molar-refractivity contribution in [2.45, 2.75) is 0 Å². The summed E-state index contributed by atoms with van der Waals surface area (Å²) in [5.41, 5.74) is 1.46. The molecule has 19 heavy (non-hydrogen) atoms. The minimum atomic E-state index is -0.210. The van der Waals surface area contributed by atoms with Gasteiger partial charge in [0.05, 0.1) is 18.0 Å². The van der Waals surface area contributed by atoms with Gasteiger partial charge in [0.15, 0.2) is 0 Å². The summed E-state index contributed by atoms with van der Waals surface area (Å²) in [7, 11) is 0. The maximum Gasteiger partial charge on any atom is 0.259 e. The Morgan fingerprint density at radius 1 is 1.26 bits per heavy atom. The number of pyridine rings is 1. The Morgan fingerprint density at radius 2 is 2.11 bits per heavy atom. The zero-order valence-corrected chi connectivity index (χ0v) is 10.5. The number of H-pyrrole nitrogens is 1. The average molecular weight is 271 g/mol. The molecule has 0 saturated carbocycles. The van der Waals surface area contributed by atoms with Gasteiger partial charge in [0, 0.05) is 24.2 Å². The van der Waals surface area contributed by atoms with Gasteiger partial charge in [0.1, 0.15) is 10.0 Å². The molecule has 0 aromatic carbocycles. The number of nitrogens with zero attached hydrogens (tertiary/aromatic N) is 3. The van der Waals surface area contributed by atoms with E-state index in [9.17, 15) is 4.79 Å². The molecule has 0 unspecified atom stereocenters. The molecule has 0 spiro atoms. The van der Waals surface area contributed by atoms with Crippen molar-refractivity contribution >= 4 is 22.2 Å². The van der Waals surface area contributed by atoms with Gasteiger partial charge in [0.25, 0.3) is 5.91 Å². The molecule has 3 aromatic heterocycles. The third-order valence-electron chi connectivity index (χ3n) is 2.43. The molecule has 0 atom stereocenters. The van der Waals surface area contributed by atoms with Gasteiger partial charge in [-0.25, -0.2) is 4.98 Å². The molecule has 0 aliphatic rings. The van der Waals surface area contributed by atoms with Crippen LogP contribution in [-0.2, 0) is 0 Å². The Balaban J connectivity index is 1.77. The van der Waals surface area contributed by atoms with Crippen molar-refractivity contribution in [3.8, 4) is 10.6 Å². The lowest BCUT2D eigenvalue weighted by atomic mass is 10.3. The molecule has 0 bridgehead atoms. The van der Waals surface area contributed by atoms with E-state index in [-0.39, 0.29) is 5.91 Å². The van der Waals surface area contributed by atoms with Crippen molar-refractivity contribution < 1.29 is 4.79 Å². The largest absolute Gasteiger partial charge is 0.312 e. The van der Waals surface area contributed by atoms with Crippen LogP contribution in [0.1, 0.15) is 10.4 Å². The van der Waals surface area contributed by atoms with Crippen LogP contribution in [0.25, 0.3) is 10.6 Å². The number of amides is 1. The summed E-state index contributed by atoms with van der Waals surface area (Å²) in [5, 5.41) is 10.6. The fourth-order valence-electron chi connectivity index (χ4n) is 1.52. The quantitative estimate of drug-likeness (QED) is 0.764. The number of hydrogen-bond donors (Lipinski definition) is 2. The van der Waals surface area contributed by atoms with Crippen molar-refractivity contribution in [1.29, 1.82) is 0 Å². The van der Waals surface area contributed by atoms with Crippen molar-refractivity contribution in [2.75, 3.05) is 5.32 Å². The van der Waals surface area contributed by atoms with Gasteiger partial charge in [-0.05, 0) is 12.1 Å². The Bertz CT molecular complexity index is 677. The molecule has 0 radical (unpaired) electrons. The zero-order chi connectivity index (χ0) is 13.1. The number of thiazole rings is 1. The van der Waals surface area contributed by atoms with Crippen LogP contribution in [0.15, 0.2) is 43.1 Å². The van der Waals surface area contributed by atoms with Crippen molar-refractivity contribution in [3.05, 3.63) is 48.7 Å². The van der Waals surface area contributed by atoms with Gasteiger partial charge >= 0.3 is 0 Å². The molecule has 6 nitrogen and oxygen atoms in total. The number of anilines is 1. The maximum atomic E-state index is 11.8. The summed E-state index contributed by atoms with van der Waals surface area (Å²) in [5.74, 6) is -0.210. The van der Waals surface area contributed by atoms with E-state index >= 15 is 0 Å². The van der Waals surface area contributed by atoms with Crippen molar-refractivity contribution in [1.82, 2.24) is 20.2 Å². The minimum Gasteiger partial charge on any atom is -0.312 e. The van der Waals surface area contributed by atoms with Crippen LogP contribution in [-0.4, -0.2) is 26.1 Å². The number of rotatable bonds is 3.